The molecule has 140 valence electrons. The summed E-state index contributed by atoms with van der Waals surface area (Å²) in [6.45, 7) is 6.18. The fourth-order valence-corrected chi connectivity index (χ4v) is 4.70. The van der Waals surface area contributed by atoms with Crippen molar-refractivity contribution in [3.05, 3.63) is 74.7 Å². The third kappa shape index (κ3) is 5.58. The maximum Gasteiger partial charge on any atom is 0.230 e. The molecule has 6 heteroatoms. The fraction of sp³-hybridized carbons (Fsp3) is 0.238. The molecule has 2 aromatic carbocycles. The number of thioether (sulfide) groups is 1. The van der Waals surface area contributed by atoms with Crippen LogP contribution in [0.3, 0.4) is 0 Å². The minimum Gasteiger partial charge on any atom is -0.325 e. The lowest BCUT2D eigenvalue weighted by Gasteiger charge is -2.08. The van der Waals surface area contributed by atoms with Gasteiger partial charge in [-0.15, -0.1) is 11.3 Å². The number of nitrogens with one attached hydrogen (secondary N) is 1. The zero-order valence-corrected chi connectivity index (χ0v) is 17.9. The number of carbonyl (C=O) groups excluding carboxylic acids is 1. The number of aromatic nitrogens is 1. The van der Waals surface area contributed by atoms with Gasteiger partial charge in [-0.05, 0) is 49.6 Å². The maximum absolute atomic E-state index is 12.3. The Morgan fingerprint density at radius 3 is 2.74 bits per heavy atom. The molecule has 1 aromatic heterocycles. The normalized spacial score (nSPS) is 10.8. The summed E-state index contributed by atoms with van der Waals surface area (Å²) < 4.78 is 0.984. The van der Waals surface area contributed by atoms with Gasteiger partial charge in [-0.25, -0.2) is 4.98 Å². The van der Waals surface area contributed by atoms with Crippen molar-refractivity contribution in [2.45, 2.75) is 37.3 Å². The second-order valence-corrected chi connectivity index (χ2v) is 9.02. The fourth-order valence-electron chi connectivity index (χ4n) is 2.62. The first-order valence-corrected chi connectivity index (χ1v) is 10.8. The van der Waals surface area contributed by atoms with Gasteiger partial charge >= 0.3 is 0 Å². The van der Waals surface area contributed by atoms with Gasteiger partial charge < -0.3 is 5.32 Å². The molecule has 0 spiro atoms. The smallest absolute Gasteiger partial charge is 0.230 e. The first kappa shape index (κ1) is 19.9. The molecule has 3 rings (SSSR count). The highest BCUT2D eigenvalue weighted by Gasteiger charge is 2.11. The number of anilines is 1. The zero-order chi connectivity index (χ0) is 19.4. The van der Waals surface area contributed by atoms with Crippen LogP contribution in [0.25, 0.3) is 0 Å². The number of nitrogens with zero attached hydrogens (tertiary/aromatic N) is 1. The first-order chi connectivity index (χ1) is 12.9. The van der Waals surface area contributed by atoms with E-state index in [4.69, 9.17) is 11.6 Å². The zero-order valence-electron chi connectivity index (χ0n) is 15.5. The number of hydrogen-bond donors (Lipinski definition) is 1. The molecule has 0 aliphatic rings. The minimum absolute atomic E-state index is 0.0863. The third-order valence-electron chi connectivity index (χ3n) is 4.20. The average molecular weight is 417 g/mol. The van der Waals surface area contributed by atoms with Gasteiger partial charge in [0.15, 0.2) is 0 Å². The van der Waals surface area contributed by atoms with E-state index >= 15 is 0 Å². The lowest BCUT2D eigenvalue weighted by Crippen LogP contribution is -2.15. The molecule has 3 aromatic rings. The van der Waals surface area contributed by atoms with Crippen molar-refractivity contribution in [2.24, 2.45) is 0 Å². The van der Waals surface area contributed by atoms with Crippen LogP contribution >= 0.6 is 34.7 Å². The molecular formula is C21H21ClN2OS2. The lowest BCUT2D eigenvalue weighted by molar-refractivity contribution is -0.115. The predicted octanol–water partition coefficient (Wildman–Crippen LogP) is 6.20. The Morgan fingerprint density at radius 1 is 1.15 bits per heavy atom. The molecule has 0 saturated heterocycles. The minimum atomic E-state index is -0.0863. The lowest BCUT2D eigenvalue weighted by atomic mass is 10.1. The number of hydrogen-bond acceptors (Lipinski definition) is 4. The quantitative estimate of drug-likeness (QED) is 0.486. The summed E-state index contributed by atoms with van der Waals surface area (Å²) in [6.07, 6.45) is 0.256. The average Bonchev–Trinajstić information content (AvgIpc) is 3.06. The van der Waals surface area contributed by atoms with Gasteiger partial charge in [0.05, 0.1) is 12.1 Å². The number of halogens is 1. The van der Waals surface area contributed by atoms with Gasteiger partial charge in [0, 0.05) is 21.8 Å². The molecule has 1 N–H and O–H groups in total. The molecule has 0 bridgehead atoms. The Balaban J connectivity index is 1.58. The van der Waals surface area contributed by atoms with Gasteiger partial charge in [0.2, 0.25) is 5.91 Å². The van der Waals surface area contributed by atoms with E-state index in [0.717, 1.165) is 27.0 Å². The van der Waals surface area contributed by atoms with E-state index in [1.165, 1.54) is 16.7 Å². The van der Waals surface area contributed by atoms with Crippen molar-refractivity contribution < 1.29 is 4.79 Å². The van der Waals surface area contributed by atoms with Crippen LogP contribution in [0.5, 0.6) is 0 Å². The van der Waals surface area contributed by atoms with Crippen LogP contribution in [0.4, 0.5) is 5.69 Å². The van der Waals surface area contributed by atoms with Crippen LogP contribution in [-0.4, -0.2) is 10.9 Å². The molecule has 3 nitrogen and oxygen atoms in total. The van der Waals surface area contributed by atoms with Gasteiger partial charge in [-0.2, -0.15) is 0 Å². The molecular weight excluding hydrogens is 396 g/mol. The maximum atomic E-state index is 12.3. The van der Waals surface area contributed by atoms with Gasteiger partial charge in [0.1, 0.15) is 4.34 Å². The Hall–Kier alpha value is -1.82. The largest absolute Gasteiger partial charge is 0.325 e. The van der Waals surface area contributed by atoms with Crippen molar-refractivity contribution in [1.29, 1.82) is 0 Å². The van der Waals surface area contributed by atoms with Crippen LogP contribution in [0, 0.1) is 20.8 Å². The van der Waals surface area contributed by atoms with E-state index in [1.807, 2.05) is 24.4 Å². The summed E-state index contributed by atoms with van der Waals surface area (Å²) in [5.74, 6) is 0.797. The molecule has 0 atom stereocenters. The van der Waals surface area contributed by atoms with Crippen molar-refractivity contribution in [3.8, 4) is 0 Å². The second-order valence-electron chi connectivity index (χ2n) is 6.51. The number of benzene rings is 2. The summed E-state index contributed by atoms with van der Waals surface area (Å²) in [6, 6.07) is 12.0. The number of thiazole rings is 1. The van der Waals surface area contributed by atoms with Gasteiger partial charge in [-0.3, -0.25) is 4.79 Å². The monoisotopic (exact) mass is 416 g/mol. The van der Waals surface area contributed by atoms with Crippen molar-refractivity contribution in [3.63, 3.8) is 0 Å². The highest BCUT2D eigenvalue weighted by atomic mass is 35.5. The highest BCUT2D eigenvalue weighted by Crippen LogP contribution is 2.28. The number of amides is 1. The summed E-state index contributed by atoms with van der Waals surface area (Å²) in [5.41, 5.74) is 6.40. The summed E-state index contributed by atoms with van der Waals surface area (Å²) in [7, 11) is 0. The van der Waals surface area contributed by atoms with E-state index in [0.29, 0.717) is 5.02 Å². The first-order valence-electron chi connectivity index (χ1n) is 8.60. The van der Waals surface area contributed by atoms with E-state index in [1.54, 1.807) is 29.2 Å². The Labute approximate surface area is 173 Å². The number of rotatable bonds is 6. The van der Waals surface area contributed by atoms with E-state index in [-0.39, 0.29) is 12.3 Å². The van der Waals surface area contributed by atoms with Crippen molar-refractivity contribution >= 4 is 46.3 Å². The molecule has 1 amide bonds. The van der Waals surface area contributed by atoms with E-state index in [9.17, 15) is 4.79 Å². The molecule has 0 fully saturated rings. The molecule has 0 saturated carbocycles. The van der Waals surface area contributed by atoms with Crippen LogP contribution in [-0.2, 0) is 17.0 Å². The van der Waals surface area contributed by atoms with Crippen LogP contribution in [0.15, 0.2) is 46.1 Å². The predicted molar refractivity (Wildman–Crippen MR) is 116 cm³/mol. The van der Waals surface area contributed by atoms with Crippen molar-refractivity contribution in [1.82, 2.24) is 4.98 Å². The van der Waals surface area contributed by atoms with Gasteiger partial charge in [0.25, 0.3) is 0 Å². The Morgan fingerprint density at radius 2 is 1.93 bits per heavy atom. The molecule has 0 aliphatic heterocycles. The number of aryl methyl sites for hydroxylation is 3. The van der Waals surface area contributed by atoms with Gasteiger partial charge in [-0.1, -0.05) is 53.2 Å². The molecule has 27 heavy (non-hydrogen) atoms. The molecule has 0 unspecified atom stereocenters. The summed E-state index contributed by atoms with van der Waals surface area (Å²) >= 11 is 9.30. The van der Waals surface area contributed by atoms with E-state index in [2.05, 4.69) is 42.3 Å². The molecule has 0 radical (unpaired) electrons. The van der Waals surface area contributed by atoms with Crippen LogP contribution < -0.4 is 5.32 Å². The molecule has 1 heterocycles. The van der Waals surface area contributed by atoms with Crippen molar-refractivity contribution in [2.75, 3.05) is 5.32 Å². The third-order valence-corrected chi connectivity index (χ3v) is 6.56. The Kier molecular flexibility index (Phi) is 6.58. The summed E-state index contributed by atoms with van der Waals surface area (Å²) in [4.78, 5) is 16.9. The van der Waals surface area contributed by atoms with Crippen LogP contribution in [0.1, 0.15) is 27.9 Å². The SMILES string of the molecule is Cc1ccc(C)c(CSc2nc(CC(=O)Nc3cc(Cl)ccc3C)cs2)c1. The number of carbonyl (C=O) groups is 1. The van der Waals surface area contributed by atoms with Crippen LogP contribution in [0.2, 0.25) is 5.02 Å². The summed E-state index contributed by atoms with van der Waals surface area (Å²) in [5, 5.41) is 5.48. The standard InChI is InChI=1S/C21H21ClN2OS2/c1-13-4-5-14(2)16(8-13)11-26-21-23-18(12-27-21)10-20(25)24-19-9-17(22)7-6-15(19)3/h4-9,12H,10-11H2,1-3H3,(H,24,25). The second kappa shape index (κ2) is 8.91. The topological polar surface area (TPSA) is 42.0 Å². The Bertz CT molecular complexity index is 969. The highest BCUT2D eigenvalue weighted by molar-refractivity contribution is 8.00. The van der Waals surface area contributed by atoms with E-state index < -0.39 is 0 Å². The molecule has 0 aliphatic carbocycles.